The van der Waals surface area contributed by atoms with E-state index in [-0.39, 0.29) is 11.4 Å². The number of benzene rings is 1. The minimum absolute atomic E-state index is 0.0625. The molecule has 2 aliphatic carbocycles. The van der Waals surface area contributed by atoms with Crippen LogP contribution < -0.4 is 5.32 Å². The van der Waals surface area contributed by atoms with Gasteiger partial charge in [0.15, 0.2) is 0 Å². The summed E-state index contributed by atoms with van der Waals surface area (Å²) in [4.78, 5) is 12.4. The molecule has 0 aromatic heterocycles. The van der Waals surface area contributed by atoms with E-state index >= 15 is 0 Å². The van der Waals surface area contributed by atoms with Gasteiger partial charge >= 0.3 is 0 Å². The van der Waals surface area contributed by atoms with Gasteiger partial charge in [-0.3, -0.25) is 4.79 Å². The third-order valence-electron chi connectivity index (χ3n) is 5.11. The maximum Gasteiger partial charge on any atom is 0.220 e. The van der Waals surface area contributed by atoms with Crippen LogP contribution in [0.3, 0.4) is 0 Å². The molecule has 0 radical (unpaired) electrons. The zero-order valence-corrected chi connectivity index (χ0v) is 12.2. The second-order valence-electron chi connectivity index (χ2n) is 6.56. The summed E-state index contributed by atoms with van der Waals surface area (Å²) in [5.74, 6) is 0.886. The van der Waals surface area contributed by atoms with Crippen molar-refractivity contribution < 1.29 is 4.79 Å². The first kappa shape index (κ1) is 13.7. The van der Waals surface area contributed by atoms with Crippen LogP contribution in [0.4, 0.5) is 0 Å². The SMILES string of the molecule is O=C(CC1CCCCC1)NC1(c2ccccc2)CCC1. The molecule has 0 heterocycles. The Bertz CT molecular complexity index is 444. The number of hydrogen-bond donors (Lipinski definition) is 1. The highest BCUT2D eigenvalue weighted by molar-refractivity contribution is 5.77. The molecule has 2 saturated carbocycles. The number of carbonyl (C=O) groups is 1. The van der Waals surface area contributed by atoms with Gasteiger partial charge in [-0.25, -0.2) is 0 Å². The molecule has 0 bridgehead atoms. The van der Waals surface area contributed by atoms with Crippen LogP contribution in [0.25, 0.3) is 0 Å². The lowest BCUT2D eigenvalue weighted by Gasteiger charge is -2.43. The fourth-order valence-corrected chi connectivity index (χ4v) is 3.74. The Morgan fingerprint density at radius 2 is 1.75 bits per heavy atom. The Morgan fingerprint density at radius 3 is 2.35 bits per heavy atom. The van der Waals surface area contributed by atoms with E-state index < -0.39 is 0 Å². The smallest absolute Gasteiger partial charge is 0.220 e. The van der Waals surface area contributed by atoms with E-state index in [2.05, 4.69) is 29.6 Å². The first-order valence-corrected chi connectivity index (χ1v) is 8.15. The van der Waals surface area contributed by atoms with E-state index in [1.54, 1.807) is 0 Å². The highest BCUT2D eigenvalue weighted by atomic mass is 16.1. The molecule has 0 spiro atoms. The zero-order chi connectivity index (χ0) is 13.8. The van der Waals surface area contributed by atoms with Gasteiger partial charge in [-0.2, -0.15) is 0 Å². The van der Waals surface area contributed by atoms with Crippen molar-refractivity contribution in [3.63, 3.8) is 0 Å². The van der Waals surface area contributed by atoms with Gasteiger partial charge in [-0.1, -0.05) is 49.6 Å². The molecule has 108 valence electrons. The van der Waals surface area contributed by atoms with Crippen molar-refractivity contribution in [2.45, 2.75) is 63.3 Å². The predicted octanol–water partition coefficient (Wildman–Crippen LogP) is 4.15. The van der Waals surface area contributed by atoms with Gasteiger partial charge in [0.05, 0.1) is 5.54 Å². The molecule has 0 saturated heterocycles. The molecule has 20 heavy (non-hydrogen) atoms. The Hall–Kier alpha value is -1.31. The fourth-order valence-electron chi connectivity index (χ4n) is 3.74. The van der Waals surface area contributed by atoms with E-state index in [1.165, 1.54) is 44.1 Å². The van der Waals surface area contributed by atoms with Crippen LogP contribution in [0.15, 0.2) is 30.3 Å². The van der Waals surface area contributed by atoms with Crippen LogP contribution in [-0.4, -0.2) is 5.91 Å². The van der Waals surface area contributed by atoms with Gasteiger partial charge in [0, 0.05) is 6.42 Å². The standard InChI is InChI=1S/C18H25NO/c20-17(14-15-8-3-1-4-9-15)19-18(12-7-13-18)16-10-5-2-6-11-16/h2,5-6,10-11,15H,1,3-4,7-9,12-14H2,(H,19,20). The van der Waals surface area contributed by atoms with Crippen LogP contribution in [0.1, 0.15) is 63.4 Å². The van der Waals surface area contributed by atoms with Gasteiger partial charge in [-0.15, -0.1) is 0 Å². The first-order valence-electron chi connectivity index (χ1n) is 8.15. The summed E-state index contributed by atoms with van der Waals surface area (Å²) in [5.41, 5.74) is 1.22. The van der Waals surface area contributed by atoms with E-state index in [4.69, 9.17) is 0 Å². The molecule has 2 nitrogen and oxygen atoms in total. The number of hydrogen-bond acceptors (Lipinski definition) is 1. The van der Waals surface area contributed by atoms with Crippen molar-refractivity contribution in [1.82, 2.24) is 5.32 Å². The van der Waals surface area contributed by atoms with Crippen LogP contribution >= 0.6 is 0 Å². The summed E-state index contributed by atoms with van der Waals surface area (Å²) in [6.07, 6.45) is 10.6. The summed E-state index contributed by atoms with van der Waals surface area (Å²) in [6.45, 7) is 0. The Kier molecular flexibility index (Phi) is 4.09. The molecular weight excluding hydrogens is 246 g/mol. The monoisotopic (exact) mass is 271 g/mol. The molecular formula is C18H25NO. The molecule has 1 aromatic rings. The molecule has 0 aliphatic heterocycles. The molecule has 2 heteroatoms. The summed E-state index contributed by atoms with van der Waals surface area (Å²) in [6, 6.07) is 10.5. The lowest BCUT2D eigenvalue weighted by molar-refractivity contribution is -0.125. The number of rotatable bonds is 4. The van der Waals surface area contributed by atoms with Crippen molar-refractivity contribution in [3.05, 3.63) is 35.9 Å². The third-order valence-corrected chi connectivity index (χ3v) is 5.11. The molecule has 2 fully saturated rings. The minimum Gasteiger partial charge on any atom is -0.347 e. The Morgan fingerprint density at radius 1 is 1.05 bits per heavy atom. The lowest BCUT2D eigenvalue weighted by Crippen LogP contribution is -2.51. The van der Waals surface area contributed by atoms with Gasteiger partial charge in [0.2, 0.25) is 5.91 Å². The summed E-state index contributed by atoms with van der Waals surface area (Å²) < 4.78 is 0. The maximum absolute atomic E-state index is 12.4. The first-order chi connectivity index (χ1) is 9.78. The fraction of sp³-hybridized carbons (Fsp3) is 0.611. The van der Waals surface area contributed by atoms with Crippen molar-refractivity contribution >= 4 is 5.91 Å². The largest absolute Gasteiger partial charge is 0.347 e. The molecule has 0 atom stereocenters. The van der Waals surface area contributed by atoms with Gasteiger partial charge < -0.3 is 5.32 Å². The molecule has 0 unspecified atom stereocenters. The lowest BCUT2D eigenvalue weighted by atomic mass is 9.71. The third kappa shape index (κ3) is 2.89. The Labute approximate surface area is 122 Å². The predicted molar refractivity (Wildman–Crippen MR) is 81.3 cm³/mol. The highest BCUT2D eigenvalue weighted by Crippen LogP contribution is 2.41. The number of amides is 1. The van der Waals surface area contributed by atoms with E-state index in [0.717, 1.165) is 19.3 Å². The summed E-state index contributed by atoms with van der Waals surface area (Å²) in [5, 5.41) is 3.35. The van der Waals surface area contributed by atoms with Crippen LogP contribution in [0.5, 0.6) is 0 Å². The molecule has 1 N–H and O–H groups in total. The molecule has 1 amide bonds. The second kappa shape index (κ2) is 5.99. The van der Waals surface area contributed by atoms with Gasteiger partial charge in [0.25, 0.3) is 0 Å². The minimum atomic E-state index is -0.0625. The van der Waals surface area contributed by atoms with Crippen LogP contribution in [-0.2, 0) is 10.3 Å². The van der Waals surface area contributed by atoms with E-state index in [9.17, 15) is 4.79 Å². The summed E-state index contributed by atoms with van der Waals surface area (Å²) in [7, 11) is 0. The average Bonchev–Trinajstić information content (AvgIpc) is 2.45. The Balaban J connectivity index is 1.61. The van der Waals surface area contributed by atoms with Gasteiger partial charge in [0.1, 0.15) is 0 Å². The van der Waals surface area contributed by atoms with Crippen LogP contribution in [0.2, 0.25) is 0 Å². The normalized spacial score (nSPS) is 22.0. The second-order valence-corrected chi connectivity index (χ2v) is 6.56. The van der Waals surface area contributed by atoms with Crippen molar-refractivity contribution in [2.75, 3.05) is 0 Å². The van der Waals surface area contributed by atoms with Crippen LogP contribution in [0, 0.1) is 5.92 Å². The molecule has 2 aliphatic rings. The topological polar surface area (TPSA) is 29.1 Å². The molecule has 1 aromatic carbocycles. The maximum atomic E-state index is 12.4. The number of carbonyl (C=O) groups excluding carboxylic acids is 1. The quantitative estimate of drug-likeness (QED) is 0.875. The van der Waals surface area contributed by atoms with E-state index in [1.807, 2.05) is 6.07 Å². The van der Waals surface area contributed by atoms with Crippen molar-refractivity contribution in [2.24, 2.45) is 5.92 Å². The summed E-state index contributed by atoms with van der Waals surface area (Å²) >= 11 is 0. The number of nitrogens with one attached hydrogen (secondary N) is 1. The van der Waals surface area contributed by atoms with Crippen molar-refractivity contribution in [3.8, 4) is 0 Å². The van der Waals surface area contributed by atoms with Crippen molar-refractivity contribution in [1.29, 1.82) is 0 Å². The average molecular weight is 271 g/mol. The van der Waals surface area contributed by atoms with E-state index in [0.29, 0.717) is 5.92 Å². The van der Waals surface area contributed by atoms with Gasteiger partial charge in [-0.05, 0) is 43.6 Å². The zero-order valence-electron chi connectivity index (χ0n) is 12.2. The highest BCUT2D eigenvalue weighted by Gasteiger charge is 2.39. The molecule has 3 rings (SSSR count).